The van der Waals surface area contributed by atoms with E-state index >= 15 is 0 Å². The number of methoxy groups -OCH3 is 2. The van der Waals surface area contributed by atoms with Gasteiger partial charge in [-0.15, -0.1) is 0 Å². The van der Waals surface area contributed by atoms with Gasteiger partial charge in [-0.05, 0) is 32.0 Å². The first kappa shape index (κ1) is 15.8. The number of nitrogens with one attached hydrogen (secondary N) is 1. The molecule has 0 spiro atoms. The van der Waals surface area contributed by atoms with Crippen molar-refractivity contribution < 1.29 is 14.3 Å². The van der Waals surface area contributed by atoms with Crippen molar-refractivity contribution in [3.63, 3.8) is 0 Å². The molecule has 124 valence electrons. The molecule has 24 heavy (non-hydrogen) atoms. The highest BCUT2D eigenvalue weighted by molar-refractivity contribution is 6.04. The Morgan fingerprint density at radius 1 is 1.12 bits per heavy atom. The van der Waals surface area contributed by atoms with E-state index in [1.54, 1.807) is 43.0 Å². The number of amides is 1. The van der Waals surface area contributed by atoms with Crippen LogP contribution in [0.5, 0.6) is 11.5 Å². The molecule has 3 rings (SSSR count). The third-order valence-corrected chi connectivity index (χ3v) is 3.61. The quantitative estimate of drug-likeness (QED) is 0.797. The molecule has 0 atom stereocenters. The van der Waals surface area contributed by atoms with Crippen LogP contribution in [0.15, 0.2) is 30.3 Å². The Morgan fingerprint density at radius 3 is 2.62 bits per heavy atom. The molecule has 0 aliphatic carbocycles. The molecule has 1 amide bonds. The molecule has 0 bridgehead atoms. The number of anilines is 1. The third kappa shape index (κ3) is 2.88. The number of aryl methyl sites for hydroxylation is 2. The lowest BCUT2D eigenvalue weighted by Crippen LogP contribution is -2.15. The zero-order valence-electron chi connectivity index (χ0n) is 14.0. The number of nitrogens with zero attached hydrogens (tertiary/aromatic N) is 3. The number of ether oxygens (including phenoxy) is 2. The Kier molecular flexibility index (Phi) is 4.07. The lowest BCUT2D eigenvalue weighted by atomic mass is 10.2. The zero-order valence-corrected chi connectivity index (χ0v) is 14.0. The molecule has 2 heterocycles. The monoisotopic (exact) mass is 326 g/mol. The van der Waals surface area contributed by atoms with Crippen LogP contribution in [0.1, 0.15) is 21.9 Å². The fraction of sp³-hybridized carbons (Fsp3) is 0.235. The van der Waals surface area contributed by atoms with Gasteiger partial charge < -0.3 is 14.8 Å². The highest BCUT2D eigenvalue weighted by Gasteiger charge is 2.14. The van der Waals surface area contributed by atoms with Crippen molar-refractivity contribution in [2.75, 3.05) is 19.5 Å². The highest BCUT2D eigenvalue weighted by Crippen LogP contribution is 2.29. The summed E-state index contributed by atoms with van der Waals surface area (Å²) >= 11 is 0. The van der Waals surface area contributed by atoms with E-state index in [-0.39, 0.29) is 5.91 Å². The molecule has 0 radical (unpaired) electrons. The molecule has 0 aliphatic rings. The summed E-state index contributed by atoms with van der Waals surface area (Å²) in [7, 11) is 3.11. The lowest BCUT2D eigenvalue weighted by Gasteiger charge is -2.12. The summed E-state index contributed by atoms with van der Waals surface area (Å²) in [5, 5.41) is 7.15. The predicted molar refractivity (Wildman–Crippen MR) is 90.0 cm³/mol. The first-order valence-electron chi connectivity index (χ1n) is 7.39. The van der Waals surface area contributed by atoms with Gasteiger partial charge in [-0.1, -0.05) is 0 Å². The molecule has 0 aliphatic heterocycles. The maximum absolute atomic E-state index is 12.6. The second-order valence-corrected chi connectivity index (χ2v) is 5.36. The Bertz CT molecular complexity index is 918. The average Bonchev–Trinajstić information content (AvgIpc) is 2.95. The molecular formula is C17H18N4O3. The van der Waals surface area contributed by atoms with Crippen molar-refractivity contribution in [3.05, 3.63) is 47.4 Å². The number of hydrogen-bond acceptors (Lipinski definition) is 5. The first-order valence-corrected chi connectivity index (χ1v) is 7.39. The molecule has 0 saturated carbocycles. The SMILES string of the molecule is COc1ccc(OC)c(NC(=O)c2cc(C)n3nc(C)cc3n2)c1. The first-order chi connectivity index (χ1) is 11.5. The van der Waals surface area contributed by atoms with Gasteiger partial charge in [0.1, 0.15) is 17.2 Å². The Balaban J connectivity index is 1.95. The van der Waals surface area contributed by atoms with Crippen molar-refractivity contribution in [1.82, 2.24) is 14.6 Å². The van der Waals surface area contributed by atoms with E-state index in [1.165, 1.54) is 0 Å². The standard InChI is InChI=1S/C17H18N4O3/c1-10-7-16-18-14(8-11(2)21(16)20-10)17(22)19-13-9-12(23-3)5-6-15(13)24-4/h5-9H,1-4H3,(H,19,22). The Hall–Kier alpha value is -3.09. The average molecular weight is 326 g/mol. The lowest BCUT2D eigenvalue weighted by molar-refractivity contribution is 0.102. The van der Waals surface area contributed by atoms with Crippen LogP contribution in [-0.4, -0.2) is 34.7 Å². The van der Waals surface area contributed by atoms with Crippen LogP contribution in [0.4, 0.5) is 5.69 Å². The van der Waals surface area contributed by atoms with E-state index < -0.39 is 0 Å². The zero-order chi connectivity index (χ0) is 17.3. The Morgan fingerprint density at radius 2 is 1.92 bits per heavy atom. The number of fused-ring (bicyclic) bond motifs is 1. The largest absolute Gasteiger partial charge is 0.497 e. The fourth-order valence-corrected chi connectivity index (χ4v) is 2.45. The van der Waals surface area contributed by atoms with Crippen LogP contribution in [0.2, 0.25) is 0 Å². The van der Waals surface area contributed by atoms with Crippen LogP contribution in [0.3, 0.4) is 0 Å². The van der Waals surface area contributed by atoms with Crippen LogP contribution in [-0.2, 0) is 0 Å². The van der Waals surface area contributed by atoms with E-state index in [2.05, 4.69) is 15.4 Å². The molecule has 0 fully saturated rings. The van der Waals surface area contributed by atoms with E-state index in [4.69, 9.17) is 9.47 Å². The molecule has 1 aromatic carbocycles. The molecule has 7 heteroatoms. The molecule has 2 aromatic heterocycles. The third-order valence-electron chi connectivity index (χ3n) is 3.61. The number of aromatic nitrogens is 3. The minimum Gasteiger partial charge on any atom is -0.497 e. The van der Waals surface area contributed by atoms with E-state index in [0.717, 1.165) is 11.4 Å². The summed E-state index contributed by atoms with van der Waals surface area (Å²) in [6, 6.07) is 8.72. The molecule has 1 N–H and O–H groups in total. The second kappa shape index (κ2) is 6.19. The second-order valence-electron chi connectivity index (χ2n) is 5.36. The van der Waals surface area contributed by atoms with Gasteiger partial charge in [-0.2, -0.15) is 5.10 Å². The van der Waals surface area contributed by atoms with Crippen molar-refractivity contribution in [3.8, 4) is 11.5 Å². The van der Waals surface area contributed by atoms with E-state index in [1.807, 2.05) is 19.9 Å². The Labute approximate surface area is 139 Å². The molecular weight excluding hydrogens is 308 g/mol. The molecule has 7 nitrogen and oxygen atoms in total. The summed E-state index contributed by atoms with van der Waals surface area (Å²) in [6.45, 7) is 3.76. The normalized spacial score (nSPS) is 10.7. The minimum absolute atomic E-state index is 0.310. The maximum Gasteiger partial charge on any atom is 0.274 e. The summed E-state index contributed by atoms with van der Waals surface area (Å²) in [5.74, 6) is 0.838. The van der Waals surface area contributed by atoms with Crippen molar-refractivity contribution in [1.29, 1.82) is 0 Å². The topological polar surface area (TPSA) is 77.8 Å². The highest BCUT2D eigenvalue weighted by atomic mass is 16.5. The predicted octanol–water partition coefficient (Wildman–Crippen LogP) is 2.62. The smallest absolute Gasteiger partial charge is 0.274 e. The van der Waals surface area contributed by atoms with Gasteiger partial charge in [0, 0.05) is 17.8 Å². The number of rotatable bonds is 4. The minimum atomic E-state index is -0.328. The van der Waals surface area contributed by atoms with Gasteiger partial charge in [0.2, 0.25) is 0 Å². The van der Waals surface area contributed by atoms with E-state index in [0.29, 0.717) is 28.5 Å². The van der Waals surface area contributed by atoms with E-state index in [9.17, 15) is 4.79 Å². The van der Waals surface area contributed by atoms with Gasteiger partial charge in [-0.25, -0.2) is 9.50 Å². The maximum atomic E-state index is 12.6. The van der Waals surface area contributed by atoms with Gasteiger partial charge in [0.05, 0.1) is 25.6 Å². The molecule has 0 saturated heterocycles. The van der Waals surface area contributed by atoms with Gasteiger partial charge in [0.15, 0.2) is 5.65 Å². The number of carbonyl (C=O) groups excluding carboxylic acids is 1. The van der Waals surface area contributed by atoms with Crippen LogP contribution >= 0.6 is 0 Å². The summed E-state index contributed by atoms with van der Waals surface area (Å²) in [4.78, 5) is 17.0. The summed E-state index contributed by atoms with van der Waals surface area (Å²) in [6.07, 6.45) is 0. The fourth-order valence-electron chi connectivity index (χ4n) is 2.45. The molecule has 3 aromatic rings. The van der Waals surface area contributed by atoms with Crippen molar-refractivity contribution in [2.45, 2.75) is 13.8 Å². The number of carbonyl (C=O) groups is 1. The van der Waals surface area contributed by atoms with Crippen LogP contribution in [0.25, 0.3) is 5.65 Å². The summed E-state index contributed by atoms with van der Waals surface area (Å²) in [5.41, 5.74) is 3.14. The molecule has 0 unspecified atom stereocenters. The van der Waals surface area contributed by atoms with Gasteiger partial charge >= 0.3 is 0 Å². The summed E-state index contributed by atoms with van der Waals surface area (Å²) < 4.78 is 12.2. The van der Waals surface area contributed by atoms with Gasteiger partial charge in [0.25, 0.3) is 5.91 Å². The number of benzene rings is 1. The van der Waals surface area contributed by atoms with Crippen LogP contribution < -0.4 is 14.8 Å². The van der Waals surface area contributed by atoms with Gasteiger partial charge in [-0.3, -0.25) is 4.79 Å². The van der Waals surface area contributed by atoms with Crippen LogP contribution in [0, 0.1) is 13.8 Å². The van der Waals surface area contributed by atoms with Crippen molar-refractivity contribution in [2.24, 2.45) is 0 Å². The van der Waals surface area contributed by atoms with Crippen molar-refractivity contribution >= 4 is 17.2 Å². The number of hydrogen-bond donors (Lipinski definition) is 1.